The number of anilines is 1. The lowest BCUT2D eigenvalue weighted by molar-refractivity contribution is -0.169. The molecule has 8 nitrogen and oxygen atoms in total. The first kappa shape index (κ1) is 17.6. The molecule has 0 radical (unpaired) electrons. The second kappa shape index (κ2) is 7.46. The van der Waals surface area contributed by atoms with Crippen molar-refractivity contribution in [3.05, 3.63) is 18.0 Å². The molecule has 26 heavy (non-hydrogen) atoms. The van der Waals surface area contributed by atoms with E-state index in [1.54, 1.807) is 12.4 Å². The van der Waals surface area contributed by atoms with Crippen LogP contribution in [0.5, 0.6) is 0 Å². The van der Waals surface area contributed by atoms with Crippen LogP contribution in [0.2, 0.25) is 0 Å². The van der Waals surface area contributed by atoms with E-state index >= 15 is 0 Å². The van der Waals surface area contributed by atoms with E-state index in [0.29, 0.717) is 24.7 Å². The van der Waals surface area contributed by atoms with Crippen LogP contribution in [0.25, 0.3) is 0 Å². The van der Waals surface area contributed by atoms with Crippen LogP contribution in [0.15, 0.2) is 12.4 Å². The van der Waals surface area contributed by atoms with Crippen molar-refractivity contribution in [2.45, 2.75) is 25.6 Å². The van der Waals surface area contributed by atoms with Crippen LogP contribution in [0.4, 0.5) is 5.95 Å². The summed E-state index contributed by atoms with van der Waals surface area (Å²) in [4.78, 5) is 27.9. The number of aromatic nitrogens is 2. The summed E-state index contributed by atoms with van der Waals surface area (Å²) in [6, 6.07) is 0. The van der Waals surface area contributed by atoms with Crippen LogP contribution in [0.1, 0.15) is 30.1 Å². The highest BCUT2D eigenvalue weighted by Crippen LogP contribution is 2.32. The van der Waals surface area contributed by atoms with Crippen LogP contribution in [-0.4, -0.2) is 90.5 Å². The van der Waals surface area contributed by atoms with Crippen molar-refractivity contribution in [2.75, 3.05) is 63.9 Å². The molecule has 4 rings (SSSR count). The maximum Gasteiger partial charge on any atom is 0.257 e. The normalized spacial score (nSPS) is 23.6. The quantitative estimate of drug-likeness (QED) is 0.781. The van der Waals surface area contributed by atoms with Gasteiger partial charge in [-0.15, -0.1) is 0 Å². The molecule has 3 fully saturated rings. The molecule has 1 aromatic heterocycles. The van der Waals surface area contributed by atoms with Gasteiger partial charge in [-0.25, -0.2) is 9.97 Å². The standard InChI is InChI=1S/C18H27N5O3/c1-2-21-7-9-22(10-8-21)16(24)15-13-19-17(20-14-15)23-5-3-18(4-6-23)25-11-12-26-18/h13-14H,2-12H2,1H3. The highest BCUT2D eigenvalue weighted by atomic mass is 16.7. The Balaban J connectivity index is 1.34. The Morgan fingerprint density at radius 3 is 2.23 bits per heavy atom. The van der Waals surface area contributed by atoms with Crippen molar-refractivity contribution < 1.29 is 14.3 Å². The third-order valence-electron chi connectivity index (χ3n) is 5.61. The lowest BCUT2D eigenvalue weighted by Crippen LogP contribution is -2.48. The minimum atomic E-state index is -0.396. The van der Waals surface area contributed by atoms with Gasteiger partial charge in [-0.2, -0.15) is 0 Å². The first-order chi connectivity index (χ1) is 12.7. The van der Waals surface area contributed by atoms with Gasteiger partial charge in [-0.3, -0.25) is 4.79 Å². The number of hydrogen-bond donors (Lipinski definition) is 0. The molecule has 142 valence electrons. The van der Waals surface area contributed by atoms with Gasteiger partial charge in [0.1, 0.15) is 0 Å². The van der Waals surface area contributed by atoms with Crippen molar-refractivity contribution in [1.29, 1.82) is 0 Å². The van der Waals surface area contributed by atoms with Gasteiger partial charge >= 0.3 is 0 Å². The summed E-state index contributed by atoms with van der Waals surface area (Å²) >= 11 is 0. The van der Waals surface area contributed by atoms with Crippen molar-refractivity contribution in [2.24, 2.45) is 0 Å². The second-order valence-corrected chi connectivity index (χ2v) is 7.09. The van der Waals surface area contributed by atoms with Crippen LogP contribution >= 0.6 is 0 Å². The zero-order chi connectivity index (χ0) is 18.0. The Bertz CT molecular complexity index is 614. The van der Waals surface area contributed by atoms with Crippen LogP contribution in [0, 0.1) is 0 Å². The zero-order valence-corrected chi connectivity index (χ0v) is 15.4. The van der Waals surface area contributed by atoms with Gasteiger partial charge in [0, 0.05) is 64.5 Å². The molecule has 1 spiro atoms. The largest absolute Gasteiger partial charge is 0.347 e. The number of ether oxygens (including phenoxy) is 2. The fourth-order valence-corrected chi connectivity index (χ4v) is 3.88. The minimum absolute atomic E-state index is 0.0256. The minimum Gasteiger partial charge on any atom is -0.347 e. The number of piperidine rings is 1. The second-order valence-electron chi connectivity index (χ2n) is 7.09. The Kier molecular flexibility index (Phi) is 5.06. The first-order valence-electron chi connectivity index (χ1n) is 9.56. The molecule has 0 unspecified atom stereocenters. The fourth-order valence-electron chi connectivity index (χ4n) is 3.88. The SMILES string of the molecule is CCN1CCN(C(=O)c2cnc(N3CCC4(CC3)OCCO4)nc2)CC1. The molecule has 1 amide bonds. The molecule has 8 heteroatoms. The molecule has 0 N–H and O–H groups in total. The predicted molar refractivity (Wildman–Crippen MR) is 96.1 cm³/mol. The van der Waals surface area contributed by atoms with Crippen LogP contribution in [0.3, 0.4) is 0 Å². The number of hydrogen-bond acceptors (Lipinski definition) is 7. The predicted octanol–water partition coefficient (Wildman–Crippen LogP) is 0.598. The smallest absolute Gasteiger partial charge is 0.257 e. The maximum atomic E-state index is 12.6. The summed E-state index contributed by atoms with van der Waals surface area (Å²) in [5.41, 5.74) is 0.564. The monoisotopic (exact) mass is 361 g/mol. The van der Waals surface area contributed by atoms with E-state index in [4.69, 9.17) is 9.47 Å². The summed E-state index contributed by atoms with van der Waals surface area (Å²) in [7, 11) is 0. The topological polar surface area (TPSA) is 71.0 Å². The molecule has 3 saturated heterocycles. The number of nitrogens with zero attached hydrogens (tertiary/aromatic N) is 5. The van der Waals surface area contributed by atoms with E-state index in [1.807, 2.05) is 4.90 Å². The fraction of sp³-hybridized carbons (Fsp3) is 0.722. The Morgan fingerprint density at radius 2 is 1.65 bits per heavy atom. The summed E-state index contributed by atoms with van der Waals surface area (Å²) in [5.74, 6) is 0.301. The Morgan fingerprint density at radius 1 is 1.04 bits per heavy atom. The van der Waals surface area contributed by atoms with Gasteiger partial charge in [0.15, 0.2) is 5.79 Å². The van der Waals surface area contributed by atoms with E-state index in [1.165, 1.54) is 0 Å². The molecule has 1 aromatic rings. The summed E-state index contributed by atoms with van der Waals surface area (Å²) in [6.07, 6.45) is 4.95. The number of piperazine rings is 1. The maximum absolute atomic E-state index is 12.6. The molecular formula is C18H27N5O3. The lowest BCUT2D eigenvalue weighted by Gasteiger charge is -2.37. The summed E-state index contributed by atoms with van der Waals surface area (Å²) in [5, 5.41) is 0. The van der Waals surface area contributed by atoms with Crippen molar-refractivity contribution in [3.63, 3.8) is 0 Å². The van der Waals surface area contributed by atoms with Gasteiger partial charge < -0.3 is 24.2 Å². The van der Waals surface area contributed by atoms with E-state index in [9.17, 15) is 4.79 Å². The molecule has 3 aliphatic rings. The highest BCUT2D eigenvalue weighted by Gasteiger charge is 2.40. The number of rotatable bonds is 3. The average molecular weight is 361 g/mol. The molecule has 0 aliphatic carbocycles. The third kappa shape index (κ3) is 3.54. The molecule has 0 aromatic carbocycles. The summed E-state index contributed by atoms with van der Waals surface area (Å²) < 4.78 is 11.5. The van der Waals surface area contributed by atoms with Crippen LogP contribution in [-0.2, 0) is 9.47 Å². The Hall–Kier alpha value is -1.77. The molecule has 3 aliphatic heterocycles. The van der Waals surface area contributed by atoms with E-state index < -0.39 is 5.79 Å². The van der Waals surface area contributed by atoms with Crippen LogP contribution < -0.4 is 4.90 Å². The van der Waals surface area contributed by atoms with Gasteiger partial charge in [0.2, 0.25) is 5.95 Å². The van der Waals surface area contributed by atoms with Gasteiger partial charge in [0.05, 0.1) is 18.8 Å². The number of amides is 1. The summed E-state index contributed by atoms with van der Waals surface area (Å²) in [6.45, 7) is 9.54. The molecule has 0 atom stereocenters. The van der Waals surface area contributed by atoms with E-state index in [-0.39, 0.29) is 5.91 Å². The van der Waals surface area contributed by atoms with Gasteiger partial charge in [-0.1, -0.05) is 6.92 Å². The van der Waals surface area contributed by atoms with Gasteiger partial charge in [0.25, 0.3) is 5.91 Å². The molecular weight excluding hydrogens is 334 g/mol. The number of carbonyl (C=O) groups excluding carboxylic acids is 1. The number of carbonyl (C=O) groups is 1. The molecule has 0 saturated carbocycles. The van der Waals surface area contributed by atoms with E-state index in [2.05, 4.69) is 26.7 Å². The highest BCUT2D eigenvalue weighted by molar-refractivity contribution is 5.93. The molecule has 4 heterocycles. The number of likely N-dealkylation sites (N-methyl/N-ethyl adjacent to an activating group) is 1. The van der Waals surface area contributed by atoms with Crippen molar-refractivity contribution >= 4 is 11.9 Å². The van der Waals surface area contributed by atoms with Crippen molar-refractivity contribution in [1.82, 2.24) is 19.8 Å². The first-order valence-corrected chi connectivity index (χ1v) is 9.56. The van der Waals surface area contributed by atoms with Gasteiger partial charge in [-0.05, 0) is 6.54 Å². The third-order valence-corrected chi connectivity index (χ3v) is 5.61. The zero-order valence-electron chi connectivity index (χ0n) is 15.4. The van der Waals surface area contributed by atoms with E-state index in [0.717, 1.165) is 58.7 Å². The lowest BCUT2D eigenvalue weighted by atomic mass is 10.0. The Labute approximate surface area is 154 Å². The average Bonchev–Trinajstić information content (AvgIpc) is 3.16. The molecule has 0 bridgehead atoms. The van der Waals surface area contributed by atoms with Crippen molar-refractivity contribution in [3.8, 4) is 0 Å².